The number of aromatic nitrogens is 1. The summed E-state index contributed by atoms with van der Waals surface area (Å²) in [5.74, 6) is 0. The first kappa shape index (κ1) is 11.9. The molecule has 1 N–H and O–H groups in total. The predicted octanol–water partition coefficient (Wildman–Crippen LogP) is 2.33. The van der Waals surface area contributed by atoms with Gasteiger partial charge < -0.3 is 14.5 Å². The van der Waals surface area contributed by atoms with Gasteiger partial charge in [0.1, 0.15) is 5.52 Å². The van der Waals surface area contributed by atoms with E-state index in [0.717, 1.165) is 19.4 Å². The molecule has 0 aliphatic carbocycles. The van der Waals surface area contributed by atoms with E-state index in [2.05, 4.69) is 10.3 Å². The number of nitro benzene ring substituents is 1. The van der Waals surface area contributed by atoms with Gasteiger partial charge in [-0.3, -0.25) is 10.1 Å². The Labute approximate surface area is 108 Å². The lowest BCUT2D eigenvalue weighted by atomic mass is 10.2. The lowest BCUT2D eigenvalue weighted by Gasteiger charge is -2.08. The molecule has 2 aromatic rings. The Morgan fingerprint density at radius 3 is 3.16 bits per heavy atom. The van der Waals surface area contributed by atoms with Crippen molar-refractivity contribution < 1.29 is 14.1 Å². The Hall–Kier alpha value is -2.15. The average Bonchev–Trinajstić information content (AvgIpc) is 3.04. The van der Waals surface area contributed by atoms with E-state index < -0.39 is 4.92 Å². The number of fused-ring (bicyclic) bond motifs is 1. The lowest BCUT2D eigenvalue weighted by molar-refractivity contribution is -0.384. The third-order valence-electron chi connectivity index (χ3n) is 3.09. The zero-order valence-corrected chi connectivity index (χ0v) is 10.2. The first-order chi connectivity index (χ1) is 9.22. The van der Waals surface area contributed by atoms with Gasteiger partial charge in [0.2, 0.25) is 0 Å². The van der Waals surface area contributed by atoms with Gasteiger partial charge in [0, 0.05) is 19.2 Å². The summed E-state index contributed by atoms with van der Waals surface area (Å²) in [5.41, 5.74) is 0.999. The first-order valence-electron chi connectivity index (χ1n) is 6.13. The molecule has 19 heavy (non-hydrogen) atoms. The molecular formula is C12H13N3O4. The van der Waals surface area contributed by atoms with Crippen molar-refractivity contribution >= 4 is 22.8 Å². The molecule has 1 saturated heterocycles. The van der Waals surface area contributed by atoms with Crippen LogP contribution in [-0.2, 0) is 4.74 Å². The van der Waals surface area contributed by atoms with Crippen molar-refractivity contribution in [2.24, 2.45) is 0 Å². The smallest absolute Gasteiger partial charge is 0.295 e. The third-order valence-corrected chi connectivity index (χ3v) is 3.09. The summed E-state index contributed by atoms with van der Waals surface area (Å²) in [6.07, 6.45) is 2.29. The lowest BCUT2D eigenvalue weighted by Crippen LogP contribution is -2.18. The minimum Gasteiger partial charge on any atom is -0.423 e. The van der Waals surface area contributed by atoms with Crippen molar-refractivity contribution in [1.29, 1.82) is 0 Å². The molecule has 1 aliphatic rings. The SMILES string of the molecule is O=[N+]([O-])c1ccc2nc(NCC3CCCO3)oc2c1. The van der Waals surface area contributed by atoms with E-state index in [-0.39, 0.29) is 11.8 Å². The van der Waals surface area contributed by atoms with E-state index in [9.17, 15) is 10.1 Å². The van der Waals surface area contributed by atoms with E-state index >= 15 is 0 Å². The molecule has 2 heterocycles. The monoisotopic (exact) mass is 263 g/mol. The van der Waals surface area contributed by atoms with E-state index in [4.69, 9.17) is 9.15 Å². The second-order valence-electron chi connectivity index (χ2n) is 4.44. The molecule has 7 nitrogen and oxygen atoms in total. The summed E-state index contributed by atoms with van der Waals surface area (Å²) < 4.78 is 10.9. The van der Waals surface area contributed by atoms with E-state index in [1.807, 2.05) is 0 Å². The van der Waals surface area contributed by atoms with Crippen molar-refractivity contribution in [3.8, 4) is 0 Å². The molecule has 0 bridgehead atoms. The summed E-state index contributed by atoms with van der Waals surface area (Å²) in [7, 11) is 0. The van der Waals surface area contributed by atoms with Crippen LogP contribution in [0.4, 0.5) is 11.7 Å². The first-order valence-corrected chi connectivity index (χ1v) is 6.13. The van der Waals surface area contributed by atoms with Gasteiger partial charge in [-0.25, -0.2) is 0 Å². The summed E-state index contributed by atoms with van der Waals surface area (Å²) in [6.45, 7) is 1.43. The van der Waals surface area contributed by atoms with Crippen LogP contribution in [0.3, 0.4) is 0 Å². The number of oxazole rings is 1. The molecule has 1 atom stereocenters. The summed E-state index contributed by atoms with van der Waals surface area (Å²) in [5, 5.41) is 13.7. The number of ether oxygens (including phenoxy) is 1. The standard InChI is InChI=1S/C12H13N3O4/c16-15(17)8-3-4-10-11(6-8)19-12(14-10)13-7-9-2-1-5-18-9/h3-4,6,9H,1-2,5,7H2,(H,13,14). The molecule has 100 valence electrons. The number of hydrogen-bond donors (Lipinski definition) is 1. The zero-order chi connectivity index (χ0) is 13.2. The molecule has 1 unspecified atom stereocenters. The van der Waals surface area contributed by atoms with Gasteiger partial charge in [0.05, 0.1) is 17.1 Å². The maximum Gasteiger partial charge on any atom is 0.295 e. The van der Waals surface area contributed by atoms with Gasteiger partial charge in [0.15, 0.2) is 5.58 Å². The van der Waals surface area contributed by atoms with Crippen molar-refractivity contribution in [3.63, 3.8) is 0 Å². The number of anilines is 1. The molecule has 3 rings (SSSR count). The van der Waals surface area contributed by atoms with Crippen LogP contribution in [0.15, 0.2) is 22.6 Å². The third kappa shape index (κ3) is 2.50. The molecule has 1 aromatic carbocycles. The molecular weight excluding hydrogens is 250 g/mol. The molecule has 0 saturated carbocycles. The van der Waals surface area contributed by atoms with Gasteiger partial charge in [-0.2, -0.15) is 4.98 Å². The Kier molecular flexibility index (Phi) is 3.04. The number of rotatable bonds is 4. The molecule has 1 aliphatic heterocycles. The van der Waals surface area contributed by atoms with Gasteiger partial charge in [-0.1, -0.05) is 0 Å². The highest BCUT2D eigenvalue weighted by atomic mass is 16.6. The van der Waals surface area contributed by atoms with Crippen LogP contribution in [0.25, 0.3) is 11.1 Å². The van der Waals surface area contributed by atoms with E-state index in [0.29, 0.717) is 23.7 Å². The molecule has 7 heteroatoms. The number of non-ortho nitro benzene ring substituents is 1. The molecule has 0 spiro atoms. The fraction of sp³-hybridized carbons (Fsp3) is 0.417. The molecule has 1 aromatic heterocycles. The van der Waals surface area contributed by atoms with Gasteiger partial charge in [-0.15, -0.1) is 0 Å². The van der Waals surface area contributed by atoms with Gasteiger partial charge in [0.25, 0.3) is 11.7 Å². The number of benzene rings is 1. The van der Waals surface area contributed by atoms with Crippen LogP contribution in [0.1, 0.15) is 12.8 Å². The maximum atomic E-state index is 10.7. The fourth-order valence-electron chi connectivity index (χ4n) is 2.11. The number of nitrogens with one attached hydrogen (secondary N) is 1. The summed E-state index contributed by atoms with van der Waals surface area (Å²) in [4.78, 5) is 14.4. The second-order valence-corrected chi connectivity index (χ2v) is 4.44. The van der Waals surface area contributed by atoms with Crippen LogP contribution in [0.2, 0.25) is 0 Å². The van der Waals surface area contributed by atoms with Gasteiger partial charge >= 0.3 is 0 Å². The second kappa shape index (κ2) is 4.85. The van der Waals surface area contributed by atoms with Crippen molar-refractivity contribution in [2.75, 3.05) is 18.5 Å². The molecule has 0 radical (unpaired) electrons. The fourth-order valence-corrected chi connectivity index (χ4v) is 2.11. The Morgan fingerprint density at radius 1 is 1.53 bits per heavy atom. The average molecular weight is 263 g/mol. The van der Waals surface area contributed by atoms with Crippen LogP contribution in [0.5, 0.6) is 0 Å². The molecule has 1 fully saturated rings. The van der Waals surface area contributed by atoms with Crippen molar-refractivity contribution in [1.82, 2.24) is 4.98 Å². The minimum atomic E-state index is -0.457. The summed E-state index contributed by atoms with van der Waals surface area (Å²) >= 11 is 0. The largest absolute Gasteiger partial charge is 0.423 e. The van der Waals surface area contributed by atoms with Crippen LogP contribution < -0.4 is 5.32 Å². The van der Waals surface area contributed by atoms with Crippen LogP contribution in [-0.4, -0.2) is 29.2 Å². The van der Waals surface area contributed by atoms with Crippen molar-refractivity contribution in [2.45, 2.75) is 18.9 Å². The minimum absolute atomic E-state index is 0.00525. The van der Waals surface area contributed by atoms with Crippen molar-refractivity contribution in [3.05, 3.63) is 28.3 Å². The Balaban J connectivity index is 1.75. The highest BCUT2D eigenvalue weighted by Gasteiger charge is 2.16. The summed E-state index contributed by atoms with van der Waals surface area (Å²) in [6, 6.07) is 4.73. The van der Waals surface area contributed by atoms with E-state index in [1.165, 1.54) is 12.1 Å². The zero-order valence-electron chi connectivity index (χ0n) is 10.2. The Bertz CT molecular complexity index is 604. The maximum absolute atomic E-state index is 10.7. The highest BCUT2D eigenvalue weighted by molar-refractivity contribution is 5.77. The van der Waals surface area contributed by atoms with Crippen LogP contribution >= 0.6 is 0 Å². The predicted molar refractivity (Wildman–Crippen MR) is 68.1 cm³/mol. The Morgan fingerprint density at radius 2 is 2.42 bits per heavy atom. The van der Waals surface area contributed by atoms with E-state index in [1.54, 1.807) is 6.07 Å². The topological polar surface area (TPSA) is 90.4 Å². The van der Waals surface area contributed by atoms with Crippen LogP contribution in [0, 0.1) is 10.1 Å². The molecule has 0 amide bonds. The quantitative estimate of drug-likeness (QED) is 0.672. The van der Waals surface area contributed by atoms with Gasteiger partial charge in [-0.05, 0) is 18.9 Å². The number of nitro groups is 1. The number of nitrogens with zero attached hydrogens (tertiary/aromatic N) is 2. The number of hydrogen-bond acceptors (Lipinski definition) is 6. The normalized spacial score (nSPS) is 18.8. The highest BCUT2D eigenvalue weighted by Crippen LogP contribution is 2.24.